The Kier molecular flexibility index (Phi) is 7.51. The summed E-state index contributed by atoms with van der Waals surface area (Å²) in [6.45, 7) is 7.81. The van der Waals surface area contributed by atoms with Crippen molar-refractivity contribution in [1.29, 1.82) is 0 Å². The van der Waals surface area contributed by atoms with E-state index in [2.05, 4.69) is 23.5 Å². The van der Waals surface area contributed by atoms with Crippen LogP contribution in [0.25, 0.3) is 0 Å². The first kappa shape index (κ1) is 17.4. The van der Waals surface area contributed by atoms with Crippen molar-refractivity contribution in [2.24, 2.45) is 0 Å². The van der Waals surface area contributed by atoms with Crippen LogP contribution >= 0.6 is 11.6 Å². The minimum atomic E-state index is -3.41. The first-order valence-electron chi connectivity index (χ1n) is 6.97. The first-order chi connectivity index (χ1) is 9.49. The molecule has 0 bridgehead atoms. The molecule has 0 aliphatic carbocycles. The summed E-state index contributed by atoms with van der Waals surface area (Å²) >= 11 is 5.74. The minimum Gasteiger partial charge on any atom is -0.304 e. The second-order valence-corrected chi connectivity index (χ2v) is 6.79. The van der Waals surface area contributed by atoms with Crippen molar-refractivity contribution in [3.63, 3.8) is 0 Å². The zero-order chi connectivity index (χ0) is 15.0. The number of hydrogen-bond donors (Lipinski definition) is 1. The van der Waals surface area contributed by atoms with Gasteiger partial charge in [0, 0.05) is 11.6 Å². The maximum atomic E-state index is 12.0. The van der Waals surface area contributed by atoms with Gasteiger partial charge in [-0.3, -0.25) is 0 Å². The lowest BCUT2D eigenvalue weighted by atomic mass is 10.3. The molecule has 0 aromatic heterocycles. The maximum absolute atomic E-state index is 12.0. The van der Waals surface area contributed by atoms with Crippen LogP contribution in [0.1, 0.15) is 26.7 Å². The highest BCUT2D eigenvalue weighted by atomic mass is 35.5. The first-order valence-corrected chi connectivity index (χ1v) is 8.83. The Morgan fingerprint density at radius 1 is 1.10 bits per heavy atom. The fourth-order valence-electron chi connectivity index (χ4n) is 1.90. The van der Waals surface area contributed by atoms with Gasteiger partial charge in [0.2, 0.25) is 10.0 Å². The number of nitrogens with zero attached hydrogens (tertiary/aromatic N) is 1. The van der Waals surface area contributed by atoms with Gasteiger partial charge in [-0.25, -0.2) is 13.1 Å². The average Bonchev–Trinajstić information content (AvgIpc) is 2.43. The summed E-state index contributed by atoms with van der Waals surface area (Å²) in [6, 6.07) is 6.19. The molecule has 0 fully saturated rings. The molecule has 1 aromatic carbocycles. The van der Waals surface area contributed by atoms with Crippen molar-refractivity contribution in [2.75, 3.05) is 26.2 Å². The standard InChI is InChI=1S/C14H23ClN2O2S/c1-3-17(4-2)12-6-5-11-16-20(18,19)14-9-7-13(15)8-10-14/h7-10,16H,3-6,11-12H2,1-2H3. The van der Waals surface area contributed by atoms with Gasteiger partial charge in [-0.2, -0.15) is 0 Å². The second-order valence-electron chi connectivity index (χ2n) is 4.59. The highest BCUT2D eigenvalue weighted by Crippen LogP contribution is 2.13. The van der Waals surface area contributed by atoms with Crippen molar-refractivity contribution in [1.82, 2.24) is 9.62 Å². The largest absolute Gasteiger partial charge is 0.304 e. The molecule has 0 aliphatic rings. The number of hydrogen-bond acceptors (Lipinski definition) is 3. The Labute approximate surface area is 127 Å². The van der Waals surface area contributed by atoms with Gasteiger partial charge in [-0.05, 0) is 56.7 Å². The molecule has 20 heavy (non-hydrogen) atoms. The highest BCUT2D eigenvalue weighted by Gasteiger charge is 2.12. The number of benzene rings is 1. The van der Waals surface area contributed by atoms with Crippen molar-refractivity contribution >= 4 is 21.6 Å². The Hall–Kier alpha value is -0.620. The van der Waals surface area contributed by atoms with Gasteiger partial charge >= 0.3 is 0 Å². The molecule has 6 heteroatoms. The molecular weight excluding hydrogens is 296 g/mol. The van der Waals surface area contributed by atoms with Gasteiger partial charge in [0.05, 0.1) is 4.90 Å². The third kappa shape index (κ3) is 5.79. The summed E-state index contributed by atoms with van der Waals surface area (Å²) in [4.78, 5) is 2.58. The Morgan fingerprint density at radius 3 is 2.25 bits per heavy atom. The summed E-state index contributed by atoms with van der Waals surface area (Å²) in [5.74, 6) is 0. The molecule has 114 valence electrons. The maximum Gasteiger partial charge on any atom is 0.240 e. The molecule has 0 amide bonds. The highest BCUT2D eigenvalue weighted by molar-refractivity contribution is 7.89. The third-order valence-electron chi connectivity index (χ3n) is 3.21. The van der Waals surface area contributed by atoms with Crippen LogP contribution in [0.5, 0.6) is 0 Å². The topological polar surface area (TPSA) is 49.4 Å². The van der Waals surface area contributed by atoms with Crippen molar-refractivity contribution < 1.29 is 8.42 Å². The molecule has 0 saturated heterocycles. The quantitative estimate of drug-likeness (QED) is 0.712. The zero-order valence-electron chi connectivity index (χ0n) is 12.1. The second kappa shape index (κ2) is 8.62. The van der Waals surface area contributed by atoms with Crippen molar-refractivity contribution in [2.45, 2.75) is 31.6 Å². The molecule has 0 spiro atoms. The van der Waals surface area contributed by atoms with E-state index in [0.717, 1.165) is 32.5 Å². The third-order valence-corrected chi connectivity index (χ3v) is 4.94. The lowest BCUT2D eigenvalue weighted by Crippen LogP contribution is -2.27. The number of nitrogens with one attached hydrogen (secondary N) is 1. The SMILES string of the molecule is CCN(CC)CCCCNS(=O)(=O)c1ccc(Cl)cc1. The number of rotatable bonds is 9. The van der Waals surface area contributed by atoms with Gasteiger partial charge in [-0.1, -0.05) is 25.4 Å². The number of unbranched alkanes of at least 4 members (excludes halogenated alkanes) is 1. The predicted octanol–water partition coefficient (Wildman–Crippen LogP) is 2.74. The van der Waals surface area contributed by atoms with Crippen LogP contribution in [0.3, 0.4) is 0 Å². The van der Waals surface area contributed by atoms with E-state index in [1.54, 1.807) is 12.1 Å². The monoisotopic (exact) mass is 318 g/mol. The normalized spacial score (nSPS) is 12.0. The number of sulfonamides is 1. The van der Waals surface area contributed by atoms with E-state index in [1.807, 2.05) is 0 Å². The van der Waals surface area contributed by atoms with E-state index in [9.17, 15) is 8.42 Å². The van der Waals surface area contributed by atoms with Crippen LogP contribution in [-0.4, -0.2) is 39.5 Å². The fraction of sp³-hybridized carbons (Fsp3) is 0.571. The molecule has 1 aromatic rings. The zero-order valence-corrected chi connectivity index (χ0v) is 13.7. The summed E-state index contributed by atoms with van der Waals surface area (Å²) in [7, 11) is -3.41. The molecule has 1 rings (SSSR count). The van der Waals surface area contributed by atoms with Gasteiger partial charge < -0.3 is 4.90 Å². The lowest BCUT2D eigenvalue weighted by molar-refractivity contribution is 0.297. The lowest BCUT2D eigenvalue weighted by Gasteiger charge is -2.17. The van der Waals surface area contributed by atoms with Gasteiger partial charge in [0.25, 0.3) is 0 Å². The molecule has 0 heterocycles. The fourth-order valence-corrected chi connectivity index (χ4v) is 3.10. The molecule has 0 radical (unpaired) electrons. The van der Waals surface area contributed by atoms with Crippen molar-refractivity contribution in [3.05, 3.63) is 29.3 Å². The summed E-state index contributed by atoms with van der Waals surface area (Å²) < 4.78 is 26.6. The Bertz CT molecular complexity index is 484. The summed E-state index contributed by atoms with van der Waals surface area (Å²) in [5, 5.41) is 0.531. The van der Waals surface area contributed by atoms with E-state index in [0.29, 0.717) is 11.6 Å². The molecule has 0 saturated carbocycles. The van der Waals surface area contributed by atoms with E-state index < -0.39 is 10.0 Å². The molecule has 1 N–H and O–H groups in total. The van der Waals surface area contributed by atoms with E-state index >= 15 is 0 Å². The minimum absolute atomic E-state index is 0.255. The Morgan fingerprint density at radius 2 is 1.70 bits per heavy atom. The predicted molar refractivity (Wildman–Crippen MR) is 83.7 cm³/mol. The van der Waals surface area contributed by atoms with Crippen LogP contribution in [0.4, 0.5) is 0 Å². The Balaban J connectivity index is 2.35. The van der Waals surface area contributed by atoms with E-state index in [-0.39, 0.29) is 4.90 Å². The molecule has 0 aliphatic heterocycles. The molecule has 0 unspecified atom stereocenters. The van der Waals surface area contributed by atoms with E-state index in [1.165, 1.54) is 12.1 Å². The van der Waals surface area contributed by atoms with Crippen LogP contribution in [-0.2, 0) is 10.0 Å². The summed E-state index contributed by atoms with van der Waals surface area (Å²) in [6.07, 6.45) is 1.83. The van der Waals surface area contributed by atoms with Crippen molar-refractivity contribution in [3.8, 4) is 0 Å². The van der Waals surface area contributed by atoms with Crippen LogP contribution in [0, 0.1) is 0 Å². The molecule has 4 nitrogen and oxygen atoms in total. The van der Waals surface area contributed by atoms with Gasteiger partial charge in [0.15, 0.2) is 0 Å². The average molecular weight is 319 g/mol. The van der Waals surface area contributed by atoms with Gasteiger partial charge in [0.1, 0.15) is 0 Å². The van der Waals surface area contributed by atoms with E-state index in [4.69, 9.17) is 11.6 Å². The summed E-state index contributed by atoms with van der Waals surface area (Å²) in [5.41, 5.74) is 0. The molecular formula is C14H23ClN2O2S. The number of halogens is 1. The smallest absolute Gasteiger partial charge is 0.240 e. The molecule has 0 atom stereocenters. The van der Waals surface area contributed by atoms with Crippen LogP contribution < -0.4 is 4.72 Å². The van der Waals surface area contributed by atoms with Crippen LogP contribution in [0.2, 0.25) is 5.02 Å². The van der Waals surface area contributed by atoms with Crippen LogP contribution in [0.15, 0.2) is 29.2 Å². The van der Waals surface area contributed by atoms with Gasteiger partial charge in [-0.15, -0.1) is 0 Å².